The van der Waals surface area contributed by atoms with Gasteiger partial charge in [-0.2, -0.15) is 0 Å². The fraction of sp³-hybridized carbons (Fsp3) is 0.750. The molecule has 5 heteroatoms. The highest BCUT2D eigenvalue weighted by atomic mass is 16.7. The second-order valence-electron chi connectivity index (χ2n) is 3.60. The summed E-state index contributed by atoms with van der Waals surface area (Å²) in [7, 11) is 0. The number of imidazole rings is 1. The largest absolute Gasteiger partial charge is 0.352 e. The predicted octanol–water partition coefficient (Wildman–Crippen LogP) is 1.39. The van der Waals surface area contributed by atoms with Crippen molar-refractivity contribution in [3.8, 4) is 0 Å². The number of aryl methyl sites for hydroxylation is 1. The molecule has 1 aromatic heterocycles. The maximum atomic E-state index is 5.45. The van der Waals surface area contributed by atoms with E-state index in [-0.39, 0.29) is 6.29 Å². The summed E-state index contributed by atoms with van der Waals surface area (Å²) in [6, 6.07) is 0. The average Bonchev–Trinajstić information content (AvgIpc) is 2.77. The Morgan fingerprint density at radius 2 is 2.00 bits per heavy atom. The van der Waals surface area contributed by atoms with E-state index < -0.39 is 0 Å². The summed E-state index contributed by atoms with van der Waals surface area (Å²) in [6.45, 7) is 9.72. The molecule has 0 radical (unpaired) electrons. The Labute approximate surface area is 103 Å². The Bertz CT molecular complexity index is 296. The van der Waals surface area contributed by atoms with E-state index in [0.29, 0.717) is 19.8 Å². The van der Waals surface area contributed by atoms with Gasteiger partial charge in [-0.15, -0.1) is 0 Å². The molecule has 0 aliphatic rings. The van der Waals surface area contributed by atoms with Crippen molar-refractivity contribution in [1.29, 1.82) is 0 Å². The SMILES string of the molecule is CCOC(CNCc1nccn1CC)OCC. The van der Waals surface area contributed by atoms with Crippen LogP contribution >= 0.6 is 0 Å². The van der Waals surface area contributed by atoms with Gasteiger partial charge in [0.05, 0.1) is 6.54 Å². The van der Waals surface area contributed by atoms with E-state index in [1.807, 2.05) is 26.2 Å². The van der Waals surface area contributed by atoms with Crippen LogP contribution in [0.15, 0.2) is 12.4 Å². The van der Waals surface area contributed by atoms with Gasteiger partial charge in [0.1, 0.15) is 5.82 Å². The van der Waals surface area contributed by atoms with E-state index in [4.69, 9.17) is 9.47 Å². The lowest BCUT2D eigenvalue weighted by molar-refractivity contribution is -0.133. The van der Waals surface area contributed by atoms with Gasteiger partial charge in [0, 0.05) is 38.7 Å². The molecule has 0 saturated carbocycles. The van der Waals surface area contributed by atoms with Crippen LogP contribution in [0, 0.1) is 0 Å². The zero-order chi connectivity index (χ0) is 12.5. The molecule has 0 atom stereocenters. The number of ether oxygens (including phenoxy) is 2. The number of hydrogen-bond acceptors (Lipinski definition) is 4. The minimum absolute atomic E-state index is 0.171. The minimum atomic E-state index is -0.171. The Hall–Kier alpha value is -0.910. The summed E-state index contributed by atoms with van der Waals surface area (Å²) < 4.78 is 13.0. The van der Waals surface area contributed by atoms with Gasteiger partial charge < -0.3 is 19.4 Å². The third-order valence-corrected chi connectivity index (χ3v) is 2.44. The van der Waals surface area contributed by atoms with Crippen LogP contribution in [0.4, 0.5) is 0 Å². The number of nitrogens with zero attached hydrogens (tertiary/aromatic N) is 2. The second kappa shape index (κ2) is 8.22. The van der Waals surface area contributed by atoms with Crippen LogP contribution in [0.25, 0.3) is 0 Å². The lowest BCUT2D eigenvalue weighted by Gasteiger charge is -2.17. The molecule has 17 heavy (non-hydrogen) atoms. The van der Waals surface area contributed by atoms with Crippen LogP contribution < -0.4 is 5.32 Å². The minimum Gasteiger partial charge on any atom is -0.352 e. The second-order valence-corrected chi connectivity index (χ2v) is 3.60. The molecule has 0 bridgehead atoms. The molecule has 98 valence electrons. The third-order valence-electron chi connectivity index (χ3n) is 2.44. The summed E-state index contributed by atoms with van der Waals surface area (Å²) in [4.78, 5) is 4.29. The molecule has 5 nitrogen and oxygen atoms in total. The molecule has 1 aromatic rings. The standard InChI is InChI=1S/C12H23N3O2/c1-4-15-8-7-14-11(15)9-13-10-12(16-5-2)17-6-3/h7-8,12-13H,4-6,9-10H2,1-3H3. The van der Waals surface area contributed by atoms with Gasteiger partial charge in [0.15, 0.2) is 6.29 Å². The van der Waals surface area contributed by atoms with Crippen molar-refractivity contribution < 1.29 is 9.47 Å². The quantitative estimate of drug-likeness (QED) is 0.664. The van der Waals surface area contributed by atoms with Gasteiger partial charge in [-0.1, -0.05) is 0 Å². The highest BCUT2D eigenvalue weighted by Crippen LogP contribution is 1.98. The Morgan fingerprint density at radius 1 is 1.29 bits per heavy atom. The normalized spacial score (nSPS) is 11.3. The van der Waals surface area contributed by atoms with Crippen molar-refractivity contribution in [2.75, 3.05) is 19.8 Å². The van der Waals surface area contributed by atoms with Crippen LogP contribution in [0.5, 0.6) is 0 Å². The van der Waals surface area contributed by atoms with Gasteiger partial charge >= 0.3 is 0 Å². The fourth-order valence-corrected chi connectivity index (χ4v) is 1.63. The topological polar surface area (TPSA) is 48.3 Å². The maximum absolute atomic E-state index is 5.45. The summed E-state index contributed by atoms with van der Waals surface area (Å²) in [6.07, 6.45) is 3.64. The molecule has 1 N–H and O–H groups in total. The third kappa shape index (κ3) is 4.85. The van der Waals surface area contributed by atoms with Gasteiger partial charge in [0.2, 0.25) is 0 Å². The first-order chi connectivity index (χ1) is 8.31. The summed E-state index contributed by atoms with van der Waals surface area (Å²) in [5.74, 6) is 1.04. The van der Waals surface area contributed by atoms with E-state index in [1.165, 1.54) is 0 Å². The van der Waals surface area contributed by atoms with Gasteiger partial charge in [-0.25, -0.2) is 4.98 Å². The van der Waals surface area contributed by atoms with Crippen LogP contribution in [-0.2, 0) is 22.6 Å². The maximum Gasteiger partial charge on any atom is 0.169 e. The first-order valence-corrected chi connectivity index (χ1v) is 6.25. The van der Waals surface area contributed by atoms with E-state index in [2.05, 4.69) is 21.8 Å². The Balaban J connectivity index is 2.30. The molecular formula is C12H23N3O2. The molecule has 0 saturated heterocycles. The Morgan fingerprint density at radius 3 is 2.59 bits per heavy atom. The van der Waals surface area contributed by atoms with E-state index in [9.17, 15) is 0 Å². The highest BCUT2D eigenvalue weighted by molar-refractivity contribution is 4.91. The number of aromatic nitrogens is 2. The number of rotatable bonds is 9. The molecule has 0 unspecified atom stereocenters. The zero-order valence-electron chi connectivity index (χ0n) is 11.0. The molecule has 0 aliphatic carbocycles. The monoisotopic (exact) mass is 241 g/mol. The zero-order valence-corrected chi connectivity index (χ0v) is 11.0. The van der Waals surface area contributed by atoms with Crippen LogP contribution in [0.3, 0.4) is 0 Å². The fourth-order valence-electron chi connectivity index (χ4n) is 1.63. The summed E-state index contributed by atoms with van der Waals surface area (Å²) in [5, 5.41) is 3.30. The first-order valence-electron chi connectivity index (χ1n) is 6.25. The highest BCUT2D eigenvalue weighted by Gasteiger charge is 2.08. The van der Waals surface area contributed by atoms with Gasteiger partial charge in [-0.3, -0.25) is 0 Å². The van der Waals surface area contributed by atoms with Crippen molar-refractivity contribution in [2.24, 2.45) is 0 Å². The van der Waals surface area contributed by atoms with E-state index in [0.717, 1.165) is 18.9 Å². The van der Waals surface area contributed by atoms with E-state index >= 15 is 0 Å². The van der Waals surface area contributed by atoms with Crippen molar-refractivity contribution >= 4 is 0 Å². The number of nitrogens with one attached hydrogen (secondary N) is 1. The van der Waals surface area contributed by atoms with Crippen LogP contribution in [0.2, 0.25) is 0 Å². The van der Waals surface area contributed by atoms with Crippen LogP contribution in [0.1, 0.15) is 26.6 Å². The van der Waals surface area contributed by atoms with Gasteiger partial charge in [-0.05, 0) is 20.8 Å². The van der Waals surface area contributed by atoms with Crippen molar-refractivity contribution in [1.82, 2.24) is 14.9 Å². The molecule has 1 heterocycles. The lowest BCUT2D eigenvalue weighted by Crippen LogP contribution is -2.32. The van der Waals surface area contributed by atoms with E-state index in [1.54, 1.807) is 0 Å². The predicted molar refractivity (Wildman–Crippen MR) is 66.6 cm³/mol. The van der Waals surface area contributed by atoms with Gasteiger partial charge in [0.25, 0.3) is 0 Å². The average molecular weight is 241 g/mol. The Kier molecular flexibility index (Phi) is 6.84. The summed E-state index contributed by atoms with van der Waals surface area (Å²) in [5.41, 5.74) is 0. The molecule has 0 fully saturated rings. The molecule has 0 amide bonds. The smallest absolute Gasteiger partial charge is 0.169 e. The van der Waals surface area contributed by atoms with Crippen LogP contribution in [-0.4, -0.2) is 35.6 Å². The molecule has 0 aliphatic heterocycles. The van der Waals surface area contributed by atoms with Crippen molar-refractivity contribution in [3.63, 3.8) is 0 Å². The lowest BCUT2D eigenvalue weighted by atomic mass is 10.5. The molecular weight excluding hydrogens is 218 g/mol. The number of hydrogen-bond donors (Lipinski definition) is 1. The summed E-state index contributed by atoms with van der Waals surface area (Å²) >= 11 is 0. The molecule has 0 spiro atoms. The molecule has 0 aromatic carbocycles. The van der Waals surface area contributed by atoms with Crippen molar-refractivity contribution in [3.05, 3.63) is 18.2 Å². The first kappa shape index (κ1) is 14.2. The van der Waals surface area contributed by atoms with Crippen molar-refractivity contribution in [2.45, 2.75) is 40.2 Å². The molecule has 1 rings (SSSR count).